The Hall–Kier alpha value is -2.51. The topological polar surface area (TPSA) is 71.1 Å². The van der Waals surface area contributed by atoms with E-state index in [4.69, 9.17) is 0 Å². The van der Waals surface area contributed by atoms with Crippen LogP contribution in [0.1, 0.15) is 23.5 Å². The average molecular weight is 371 g/mol. The molecular weight excluding hydrogens is 354 g/mol. The summed E-state index contributed by atoms with van der Waals surface area (Å²) >= 11 is 2.77. The van der Waals surface area contributed by atoms with Gasteiger partial charge in [0.2, 0.25) is 5.91 Å². The number of carbonyl (C=O) groups is 2. The normalized spacial score (nSPS) is 10.7. The third-order valence-corrected chi connectivity index (χ3v) is 5.07. The van der Waals surface area contributed by atoms with Gasteiger partial charge in [0, 0.05) is 22.5 Å². The zero-order valence-electron chi connectivity index (χ0n) is 13.8. The lowest BCUT2D eigenvalue weighted by molar-refractivity contribution is -0.118. The molecule has 5 nitrogen and oxygen atoms in total. The van der Waals surface area contributed by atoms with Crippen LogP contribution in [0.4, 0.5) is 10.8 Å². The molecule has 2 amide bonds. The SMILES string of the molecule is CC(C)C(=O)Nc1ccc(-c2csc(NC(=O)c3cccs3)n2)cc1. The number of benzene rings is 1. The molecule has 0 aliphatic heterocycles. The Labute approximate surface area is 153 Å². The highest BCUT2D eigenvalue weighted by Crippen LogP contribution is 2.26. The smallest absolute Gasteiger partial charge is 0.267 e. The molecule has 7 heteroatoms. The number of carbonyl (C=O) groups excluding carboxylic acids is 2. The number of hydrogen-bond donors (Lipinski definition) is 2. The Morgan fingerprint density at radius 3 is 2.44 bits per heavy atom. The van der Waals surface area contributed by atoms with E-state index in [0.717, 1.165) is 16.9 Å². The molecule has 0 fully saturated rings. The van der Waals surface area contributed by atoms with Crippen LogP contribution in [-0.4, -0.2) is 16.8 Å². The van der Waals surface area contributed by atoms with Crippen LogP contribution in [0, 0.1) is 5.92 Å². The first-order valence-corrected chi connectivity index (χ1v) is 9.50. The molecule has 3 aromatic rings. The molecule has 0 saturated carbocycles. The summed E-state index contributed by atoms with van der Waals surface area (Å²) in [6.07, 6.45) is 0. The fourth-order valence-electron chi connectivity index (χ4n) is 2.04. The lowest BCUT2D eigenvalue weighted by Crippen LogP contribution is -2.17. The molecule has 1 aromatic carbocycles. The molecular formula is C18H17N3O2S2. The van der Waals surface area contributed by atoms with E-state index in [0.29, 0.717) is 10.0 Å². The van der Waals surface area contributed by atoms with E-state index in [-0.39, 0.29) is 17.7 Å². The number of aromatic nitrogens is 1. The molecule has 25 heavy (non-hydrogen) atoms. The van der Waals surface area contributed by atoms with Crippen molar-refractivity contribution < 1.29 is 9.59 Å². The quantitative estimate of drug-likeness (QED) is 0.682. The van der Waals surface area contributed by atoms with Crippen molar-refractivity contribution >= 4 is 45.3 Å². The second kappa shape index (κ2) is 7.58. The van der Waals surface area contributed by atoms with Gasteiger partial charge in [0.15, 0.2) is 5.13 Å². The summed E-state index contributed by atoms with van der Waals surface area (Å²) in [4.78, 5) is 28.9. The van der Waals surface area contributed by atoms with E-state index in [9.17, 15) is 9.59 Å². The second-order valence-electron chi connectivity index (χ2n) is 5.69. The summed E-state index contributed by atoms with van der Waals surface area (Å²) in [5.41, 5.74) is 2.47. The zero-order valence-corrected chi connectivity index (χ0v) is 15.4. The third-order valence-electron chi connectivity index (χ3n) is 3.44. The summed E-state index contributed by atoms with van der Waals surface area (Å²) < 4.78 is 0. The lowest BCUT2D eigenvalue weighted by atomic mass is 10.1. The van der Waals surface area contributed by atoms with E-state index < -0.39 is 0 Å². The summed E-state index contributed by atoms with van der Waals surface area (Å²) in [6.45, 7) is 3.70. The van der Waals surface area contributed by atoms with E-state index in [1.807, 2.05) is 54.9 Å². The Balaban J connectivity index is 1.67. The number of amides is 2. The predicted molar refractivity (Wildman–Crippen MR) is 103 cm³/mol. The molecule has 0 saturated heterocycles. The molecule has 0 radical (unpaired) electrons. The van der Waals surface area contributed by atoms with Crippen LogP contribution in [0.25, 0.3) is 11.3 Å². The minimum absolute atomic E-state index is 0.0139. The van der Waals surface area contributed by atoms with Gasteiger partial charge in [-0.2, -0.15) is 0 Å². The minimum Gasteiger partial charge on any atom is -0.326 e. The Morgan fingerprint density at radius 2 is 1.80 bits per heavy atom. The number of nitrogens with one attached hydrogen (secondary N) is 2. The van der Waals surface area contributed by atoms with Gasteiger partial charge in [-0.05, 0) is 23.6 Å². The highest BCUT2D eigenvalue weighted by atomic mass is 32.1. The standard InChI is InChI=1S/C18H17N3O2S2/c1-11(2)16(22)19-13-7-5-12(6-8-13)14-10-25-18(20-14)21-17(23)15-4-3-9-24-15/h3-11H,1-2H3,(H,19,22)(H,20,21,23). The van der Waals surface area contributed by atoms with Crippen molar-refractivity contribution in [2.75, 3.05) is 10.6 Å². The van der Waals surface area contributed by atoms with Crippen molar-refractivity contribution in [2.45, 2.75) is 13.8 Å². The van der Waals surface area contributed by atoms with Gasteiger partial charge in [-0.1, -0.05) is 32.0 Å². The summed E-state index contributed by atoms with van der Waals surface area (Å²) in [5.74, 6) is -0.227. The maximum atomic E-state index is 12.0. The second-order valence-corrected chi connectivity index (χ2v) is 7.50. The van der Waals surface area contributed by atoms with Gasteiger partial charge in [0.05, 0.1) is 10.6 Å². The third kappa shape index (κ3) is 4.32. The number of thiazole rings is 1. The van der Waals surface area contributed by atoms with E-state index >= 15 is 0 Å². The summed E-state index contributed by atoms with van der Waals surface area (Å²) in [6, 6.07) is 11.1. The van der Waals surface area contributed by atoms with Crippen LogP contribution in [-0.2, 0) is 4.79 Å². The van der Waals surface area contributed by atoms with Crippen molar-refractivity contribution in [1.29, 1.82) is 0 Å². The number of anilines is 2. The van der Waals surface area contributed by atoms with E-state index in [2.05, 4.69) is 15.6 Å². The van der Waals surface area contributed by atoms with Crippen LogP contribution >= 0.6 is 22.7 Å². The molecule has 3 rings (SSSR count). The molecule has 0 bridgehead atoms. The number of thiophene rings is 1. The highest BCUT2D eigenvalue weighted by molar-refractivity contribution is 7.14. The molecule has 128 valence electrons. The molecule has 2 N–H and O–H groups in total. The maximum Gasteiger partial charge on any atom is 0.267 e. The molecule has 0 atom stereocenters. The summed E-state index contributed by atoms with van der Waals surface area (Å²) in [7, 11) is 0. The van der Waals surface area contributed by atoms with Crippen LogP contribution in [0.2, 0.25) is 0 Å². The molecule has 0 spiro atoms. The first-order chi connectivity index (χ1) is 12.0. The maximum absolute atomic E-state index is 12.0. The van der Waals surface area contributed by atoms with Crippen molar-refractivity contribution in [3.8, 4) is 11.3 Å². The van der Waals surface area contributed by atoms with Gasteiger partial charge in [0.25, 0.3) is 5.91 Å². The lowest BCUT2D eigenvalue weighted by Gasteiger charge is -2.07. The van der Waals surface area contributed by atoms with Gasteiger partial charge in [0.1, 0.15) is 0 Å². The van der Waals surface area contributed by atoms with Crippen LogP contribution in [0.3, 0.4) is 0 Å². The van der Waals surface area contributed by atoms with E-state index in [1.165, 1.54) is 22.7 Å². The number of rotatable bonds is 5. The first kappa shape index (κ1) is 17.3. The number of nitrogens with zero attached hydrogens (tertiary/aromatic N) is 1. The number of hydrogen-bond acceptors (Lipinski definition) is 5. The van der Waals surface area contributed by atoms with Crippen molar-refractivity contribution in [3.63, 3.8) is 0 Å². The van der Waals surface area contributed by atoms with E-state index in [1.54, 1.807) is 6.07 Å². The predicted octanol–water partition coefficient (Wildman–Crippen LogP) is 4.72. The molecule has 0 aliphatic carbocycles. The molecule has 2 heterocycles. The van der Waals surface area contributed by atoms with Crippen LogP contribution < -0.4 is 10.6 Å². The van der Waals surface area contributed by atoms with Crippen LogP contribution in [0.15, 0.2) is 47.2 Å². The highest BCUT2D eigenvalue weighted by Gasteiger charge is 2.11. The molecule has 0 unspecified atom stereocenters. The van der Waals surface area contributed by atoms with Gasteiger partial charge in [-0.3, -0.25) is 14.9 Å². The van der Waals surface area contributed by atoms with Crippen LogP contribution in [0.5, 0.6) is 0 Å². The van der Waals surface area contributed by atoms with Crippen molar-refractivity contribution in [1.82, 2.24) is 4.98 Å². The monoisotopic (exact) mass is 371 g/mol. The first-order valence-electron chi connectivity index (χ1n) is 7.74. The van der Waals surface area contributed by atoms with Gasteiger partial charge in [-0.15, -0.1) is 22.7 Å². The van der Waals surface area contributed by atoms with Gasteiger partial charge >= 0.3 is 0 Å². The average Bonchev–Trinajstić information content (AvgIpc) is 3.27. The molecule has 0 aliphatic rings. The largest absolute Gasteiger partial charge is 0.326 e. The Kier molecular flexibility index (Phi) is 5.25. The Morgan fingerprint density at radius 1 is 1.04 bits per heavy atom. The zero-order chi connectivity index (χ0) is 17.8. The summed E-state index contributed by atoms with van der Waals surface area (Å²) in [5, 5.41) is 9.98. The fraction of sp³-hybridized carbons (Fsp3) is 0.167. The van der Waals surface area contributed by atoms with Gasteiger partial charge in [-0.25, -0.2) is 4.98 Å². The minimum atomic E-state index is -0.150. The van der Waals surface area contributed by atoms with Crippen molar-refractivity contribution in [2.24, 2.45) is 5.92 Å². The Bertz CT molecular complexity index is 868. The fourth-order valence-corrected chi connectivity index (χ4v) is 3.37. The van der Waals surface area contributed by atoms with Gasteiger partial charge < -0.3 is 5.32 Å². The van der Waals surface area contributed by atoms with Crippen molar-refractivity contribution in [3.05, 3.63) is 52.0 Å². The molecule has 2 aromatic heterocycles.